The molecule has 0 amide bonds. The van der Waals surface area contributed by atoms with Gasteiger partial charge in [0.05, 0.1) is 0 Å². The van der Waals surface area contributed by atoms with Crippen molar-refractivity contribution in [3.63, 3.8) is 0 Å². The third kappa shape index (κ3) is 2.82. The van der Waals surface area contributed by atoms with E-state index in [1.807, 2.05) is 0 Å². The van der Waals surface area contributed by atoms with E-state index >= 15 is 0 Å². The van der Waals surface area contributed by atoms with Gasteiger partial charge in [0.1, 0.15) is 0 Å². The summed E-state index contributed by atoms with van der Waals surface area (Å²) in [5, 5.41) is 8.04. The Hall–Kier alpha value is -0.356. The van der Waals surface area contributed by atoms with Crippen molar-refractivity contribution in [1.29, 1.82) is 5.41 Å². The molecule has 0 aromatic rings. The molecule has 1 rings (SSSR count). The third-order valence-electron chi connectivity index (χ3n) is 2.58. The van der Waals surface area contributed by atoms with Gasteiger partial charge in [-0.3, -0.25) is 0 Å². The molecule has 1 aliphatic rings. The van der Waals surface area contributed by atoms with Gasteiger partial charge in [-0.1, -0.05) is 45.9 Å². The minimum absolute atomic E-state index is 0. The first-order valence-corrected chi connectivity index (χ1v) is 5.01. The molecule has 2 heteroatoms. The number of nitrogens with one attached hydrogen (secondary N) is 1. The molecule has 0 heterocycles. The normalized spacial score (nSPS) is 21.1. The molecule has 0 saturated carbocycles. The van der Waals surface area contributed by atoms with E-state index in [1.54, 1.807) is 0 Å². The van der Waals surface area contributed by atoms with Crippen molar-refractivity contribution in [2.45, 2.75) is 27.7 Å². The Morgan fingerprint density at radius 3 is 2.21 bits per heavy atom. The van der Waals surface area contributed by atoms with Gasteiger partial charge < -0.3 is 5.41 Å². The van der Waals surface area contributed by atoms with Gasteiger partial charge in [0.25, 0.3) is 0 Å². The molecule has 14 heavy (non-hydrogen) atoms. The van der Waals surface area contributed by atoms with Crippen LogP contribution in [0.15, 0.2) is 23.8 Å². The van der Waals surface area contributed by atoms with Gasteiger partial charge in [0, 0.05) is 28.1 Å². The van der Waals surface area contributed by atoms with Crippen LogP contribution < -0.4 is 0 Å². The summed E-state index contributed by atoms with van der Waals surface area (Å²) in [5.41, 5.74) is 2.01. The zero-order valence-electron chi connectivity index (χ0n) is 9.28. The first-order valence-electron chi connectivity index (χ1n) is 5.01. The molecule has 0 radical (unpaired) electrons. The zero-order chi connectivity index (χ0) is 10.0. The van der Waals surface area contributed by atoms with E-state index in [0.29, 0.717) is 17.8 Å². The van der Waals surface area contributed by atoms with Crippen molar-refractivity contribution in [1.82, 2.24) is 0 Å². The summed E-state index contributed by atoms with van der Waals surface area (Å²) in [6.45, 7) is 8.65. The maximum atomic E-state index is 8.04. The van der Waals surface area contributed by atoms with Crippen LogP contribution in [0.5, 0.6) is 0 Å². The molecule has 0 aromatic heterocycles. The summed E-state index contributed by atoms with van der Waals surface area (Å²) in [5.74, 6) is 1.33. The molecule has 0 aliphatic heterocycles. The van der Waals surface area contributed by atoms with Crippen LogP contribution in [0.25, 0.3) is 0 Å². The van der Waals surface area contributed by atoms with Gasteiger partial charge in [0.2, 0.25) is 0 Å². The molecule has 1 nitrogen and oxygen atoms in total. The summed E-state index contributed by atoms with van der Waals surface area (Å²) < 4.78 is 0. The first-order chi connectivity index (χ1) is 6.04. The van der Waals surface area contributed by atoms with E-state index in [0.717, 1.165) is 5.71 Å². The number of hydrogen-bond acceptors (Lipinski definition) is 1. The van der Waals surface area contributed by atoms with Gasteiger partial charge in [-0.2, -0.15) is 0 Å². The van der Waals surface area contributed by atoms with Gasteiger partial charge >= 0.3 is 0 Å². The average molecular weight is 236 g/mol. The van der Waals surface area contributed by atoms with Gasteiger partial charge in [-0.05, 0) is 17.4 Å². The molecule has 0 fully saturated rings. The van der Waals surface area contributed by atoms with Crippen molar-refractivity contribution in [3.8, 4) is 0 Å². The molecular formula is C12H19NNi. The van der Waals surface area contributed by atoms with Crippen LogP contribution in [-0.4, -0.2) is 5.71 Å². The predicted octanol–water partition coefficient (Wildman–Crippen LogP) is 3.43. The molecular weight excluding hydrogens is 217 g/mol. The number of rotatable bonds is 2. The minimum atomic E-state index is 0. The van der Waals surface area contributed by atoms with Crippen LogP contribution >= 0.6 is 0 Å². The zero-order valence-corrected chi connectivity index (χ0v) is 10.3. The molecule has 82 valence electrons. The molecule has 0 saturated heterocycles. The number of hydrogen-bond donors (Lipinski definition) is 1. The SMILES string of the molecule is CC(C)C1=CC=CC(C(C)C)C1=N.[Ni]. The van der Waals surface area contributed by atoms with Crippen LogP contribution in [0.3, 0.4) is 0 Å². The van der Waals surface area contributed by atoms with Crippen LogP contribution in [0.1, 0.15) is 27.7 Å². The molecule has 0 aromatic carbocycles. The van der Waals surface area contributed by atoms with E-state index in [9.17, 15) is 0 Å². The Bertz CT molecular complexity index is 261. The summed E-state index contributed by atoms with van der Waals surface area (Å²) >= 11 is 0. The Morgan fingerprint density at radius 1 is 1.21 bits per heavy atom. The summed E-state index contributed by atoms with van der Waals surface area (Å²) in [6.07, 6.45) is 6.31. The van der Waals surface area contributed by atoms with Crippen molar-refractivity contribution >= 4 is 5.71 Å². The Morgan fingerprint density at radius 2 is 1.79 bits per heavy atom. The largest absolute Gasteiger partial charge is 0.304 e. The van der Waals surface area contributed by atoms with Crippen molar-refractivity contribution in [2.24, 2.45) is 17.8 Å². The van der Waals surface area contributed by atoms with Crippen LogP contribution in [0.4, 0.5) is 0 Å². The van der Waals surface area contributed by atoms with Gasteiger partial charge in [-0.15, -0.1) is 0 Å². The fraction of sp³-hybridized carbons (Fsp3) is 0.583. The van der Waals surface area contributed by atoms with E-state index in [1.165, 1.54) is 5.57 Å². The molecule has 1 N–H and O–H groups in total. The second-order valence-electron chi connectivity index (χ2n) is 4.35. The van der Waals surface area contributed by atoms with Crippen LogP contribution in [0, 0.1) is 23.2 Å². The van der Waals surface area contributed by atoms with Crippen molar-refractivity contribution in [2.75, 3.05) is 0 Å². The third-order valence-corrected chi connectivity index (χ3v) is 2.58. The van der Waals surface area contributed by atoms with Crippen LogP contribution in [0.2, 0.25) is 0 Å². The fourth-order valence-corrected chi connectivity index (χ4v) is 1.72. The quantitative estimate of drug-likeness (QED) is 0.710. The molecule has 0 spiro atoms. The van der Waals surface area contributed by atoms with E-state index in [2.05, 4.69) is 45.9 Å². The van der Waals surface area contributed by atoms with E-state index < -0.39 is 0 Å². The maximum absolute atomic E-state index is 8.04. The predicted molar refractivity (Wildman–Crippen MR) is 58.1 cm³/mol. The maximum Gasteiger partial charge on any atom is 0.0419 e. The summed E-state index contributed by atoms with van der Waals surface area (Å²) in [7, 11) is 0. The Balaban J connectivity index is 0.00000169. The van der Waals surface area contributed by atoms with Crippen molar-refractivity contribution < 1.29 is 16.5 Å². The monoisotopic (exact) mass is 235 g/mol. The smallest absolute Gasteiger partial charge is 0.0419 e. The summed E-state index contributed by atoms with van der Waals surface area (Å²) in [6, 6.07) is 0. The second-order valence-corrected chi connectivity index (χ2v) is 4.35. The van der Waals surface area contributed by atoms with Gasteiger partial charge in [0.15, 0.2) is 0 Å². The van der Waals surface area contributed by atoms with Crippen molar-refractivity contribution in [3.05, 3.63) is 23.8 Å². The molecule has 1 unspecified atom stereocenters. The van der Waals surface area contributed by atoms with E-state index in [4.69, 9.17) is 5.41 Å². The second kappa shape index (κ2) is 5.51. The standard InChI is InChI=1S/C12H19N.Ni/c1-8(2)10-6-5-7-11(9(3)4)12(10)13;/h5-10,13H,1-4H3;. The number of allylic oxidation sites excluding steroid dienone is 4. The first kappa shape index (κ1) is 13.6. The fourth-order valence-electron chi connectivity index (χ4n) is 1.72. The summed E-state index contributed by atoms with van der Waals surface area (Å²) in [4.78, 5) is 0. The molecule has 1 atom stereocenters. The molecule has 1 aliphatic carbocycles. The topological polar surface area (TPSA) is 23.9 Å². The van der Waals surface area contributed by atoms with Crippen LogP contribution in [-0.2, 0) is 16.5 Å². The molecule has 0 bridgehead atoms. The Labute approximate surface area is 97.1 Å². The van der Waals surface area contributed by atoms with Gasteiger partial charge in [-0.25, -0.2) is 0 Å². The Kier molecular flexibility index (Phi) is 5.37. The average Bonchev–Trinajstić information content (AvgIpc) is 2.03. The minimum Gasteiger partial charge on any atom is -0.304 e. The van der Waals surface area contributed by atoms with E-state index in [-0.39, 0.29) is 16.5 Å².